The summed E-state index contributed by atoms with van der Waals surface area (Å²) in [5, 5.41) is 0.239. The van der Waals surface area contributed by atoms with Gasteiger partial charge >= 0.3 is 0 Å². The summed E-state index contributed by atoms with van der Waals surface area (Å²) < 4.78 is 6.54. The molecule has 1 aliphatic heterocycles. The van der Waals surface area contributed by atoms with Gasteiger partial charge in [0.15, 0.2) is 8.32 Å². The van der Waals surface area contributed by atoms with Gasteiger partial charge in [-0.2, -0.15) is 0 Å². The Morgan fingerprint density at radius 2 is 2.00 bits per heavy atom. The molecule has 118 valence electrons. The van der Waals surface area contributed by atoms with E-state index in [9.17, 15) is 0 Å². The highest BCUT2D eigenvalue weighted by Gasteiger charge is 2.42. The van der Waals surface area contributed by atoms with Crippen molar-refractivity contribution in [3.63, 3.8) is 0 Å². The van der Waals surface area contributed by atoms with Crippen molar-refractivity contribution in [2.45, 2.75) is 64.4 Å². The minimum atomic E-state index is -1.73. The summed E-state index contributed by atoms with van der Waals surface area (Å²) in [6.45, 7) is 14.5. The summed E-state index contributed by atoms with van der Waals surface area (Å²) in [6.07, 6.45) is 2.84. The molecule has 0 spiro atoms. The van der Waals surface area contributed by atoms with Crippen LogP contribution in [-0.2, 0) is 4.43 Å². The van der Waals surface area contributed by atoms with Crippen molar-refractivity contribution in [2.75, 3.05) is 17.2 Å². The zero-order valence-electron chi connectivity index (χ0n) is 14.1. The standard InChI is InChI=1S/C15H28N4OSi/c1-11-7-12(20-21(5,6)15(2,3)4)9-19(11)14-8-13(16)17-10-18-14/h8,10-12H,7,9H2,1-6H3,(H2,16,17,18)/t11-,12?/m0/s1. The lowest BCUT2D eigenvalue weighted by Crippen LogP contribution is -2.44. The Labute approximate surface area is 129 Å². The van der Waals surface area contributed by atoms with Gasteiger partial charge in [0.25, 0.3) is 0 Å². The maximum absolute atomic E-state index is 6.54. The average molecular weight is 309 g/mol. The van der Waals surface area contributed by atoms with Crippen molar-refractivity contribution in [2.24, 2.45) is 0 Å². The van der Waals surface area contributed by atoms with Gasteiger partial charge in [-0.1, -0.05) is 20.8 Å². The lowest BCUT2D eigenvalue weighted by molar-refractivity contribution is 0.199. The lowest BCUT2D eigenvalue weighted by Gasteiger charge is -2.38. The van der Waals surface area contributed by atoms with E-state index in [4.69, 9.17) is 10.2 Å². The van der Waals surface area contributed by atoms with Crippen LogP contribution in [0, 0.1) is 0 Å². The van der Waals surface area contributed by atoms with Crippen LogP contribution in [0.2, 0.25) is 18.1 Å². The summed E-state index contributed by atoms with van der Waals surface area (Å²) >= 11 is 0. The Balaban J connectivity index is 2.08. The largest absolute Gasteiger partial charge is 0.412 e. The van der Waals surface area contributed by atoms with Crippen molar-refractivity contribution < 1.29 is 4.43 Å². The third-order valence-corrected chi connectivity index (χ3v) is 9.31. The highest BCUT2D eigenvalue weighted by atomic mass is 28.4. The molecule has 1 aromatic heterocycles. The number of nitrogens with two attached hydrogens (primary N) is 1. The molecule has 1 saturated heterocycles. The van der Waals surface area contributed by atoms with Crippen LogP contribution < -0.4 is 10.6 Å². The van der Waals surface area contributed by atoms with E-state index in [1.807, 2.05) is 6.07 Å². The summed E-state index contributed by atoms with van der Waals surface area (Å²) in [6, 6.07) is 2.25. The van der Waals surface area contributed by atoms with Crippen LogP contribution in [0.5, 0.6) is 0 Å². The monoisotopic (exact) mass is 308 g/mol. The SMILES string of the molecule is C[C@H]1CC(O[Si](C)(C)C(C)(C)C)CN1c1cc(N)ncn1. The zero-order chi connectivity index (χ0) is 15.8. The Morgan fingerprint density at radius 3 is 2.57 bits per heavy atom. The van der Waals surface area contributed by atoms with E-state index in [2.05, 4.69) is 55.7 Å². The number of anilines is 2. The summed E-state index contributed by atoms with van der Waals surface area (Å²) in [7, 11) is -1.73. The molecule has 1 aliphatic rings. The third-order valence-electron chi connectivity index (χ3n) is 4.77. The number of nitrogens with zero attached hydrogens (tertiary/aromatic N) is 3. The number of rotatable bonds is 3. The van der Waals surface area contributed by atoms with Crippen LogP contribution in [0.4, 0.5) is 11.6 Å². The number of aromatic nitrogens is 2. The first-order valence-corrected chi connectivity index (χ1v) is 10.5. The number of hydrogen-bond donors (Lipinski definition) is 1. The van der Waals surface area contributed by atoms with Crippen molar-refractivity contribution >= 4 is 20.0 Å². The molecule has 2 heterocycles. The summed E-state index contributed by atoms with van der Waals surface area (Å²) in [5.41, 5.74) is 5.76. The smallest absolute Gasteiger partial charge is 0.192 e. The van der Waals surface area contributed by atoms with Crippen molar-refractivity contribution in [3.05, 3.63) is 12.4 Å². The van der Waals surface area contributed by atoms with Gasteiger partial charge in [-0.15, -0.1) is 0 Å². The van der Waals surface area contributed by atoms with Gasteiger partial charge in [-0.25, -0.2) is 9.97 Å². The third kappa shape index (κ3) is 3.55. The van der Waals surface area contributed by atoms with Gasteiger partial charge < -0.3 is 15.1 Å². The average Bonchev–Trinajstić information content (AvgIpc) is 2.68. The molecule has 0 bridgehead atoms. The van der Waals surface area contributed by atoms with Gasteiger partial charge in [0.05, 0.1) is 6.10 Å². The van der Waals surface area contributed by atoms with Gasteiger partial charge in [-0.3, -0.25) is 0 Å². The molecule has 0 radical (unpaired) electrons. The fraction of sp³-hybridized carbons (Fsp3) is 0.733. The van der Waals surface area contributed by atoms with E-state index >= 15 is 0 Å². The fourth-order valence-corrected chi connectivity index (χ4v) is 3.86. The highest BCUT2D eigenvalue weighted by molar-refractivity contribution is 6.74. The first-order chi connectivity index (χ1) is 9.60. The normalized spacial score (nSPS) is 23.6. The topological polar surface area (TPSA) is 64.3 Å². The second-order valence-electron chi connectivity index (χ2n) is 7.54. The van der Waals surface area contributed by atoms with Crippen LogP contribution in [0.1, 0.15) is 34.1 Å². The molecule has 0 aromatic carbocycles. The highest BCUT2D eigenvalue weighted by Crippen LogP contribution is 2.39. The second-order valence-corrected chi connectivity index (χ2v) is 12.3. The van der Waals surface area contributed by atoms with Crippen LogP contribution in [0.25, 0.3) is 0 Å². The Kier molecular flexibility index (Phi) is 4.30. The van der Waals surface area contributed by atoms with E-state index in [1.54, 1.807) is 0 Å². The molecule has 1 unspecified atom stereocenters. The van der Waals surface area contributed by atoms with Crippen LogP contribution in [0.15, 0.2) is 12.4 Å². The molecular weight excluding hydrogens is 280 g/mol. The molecule has 5 nitrogen and oxygen atoms in total. The minimum absolute atomic E-state index is 0.239. The molecule has 0 amide bonds. The molecule has 21 heavy (non-hydrogen) atoms. The van der Waals surface area contributed by atoms with E-state index < -0.39 is 8.32 Å². The van der Waals surface area contributed by atoms with Crippen LogP contribution in [-0.4, -0.2) is 37.0 Å². The molecule has 0 aliphatic carbocycles. The Morgan fingerprint density at radius 1 is 1.33 bits per heavy atom. The molecule has 1 aromatic rings. The molecular formula is C15H28N4OSi. The van der Waals surface area contributed by atoms with Crippen LogP contribution >= 0.6 is 0 Å². The van der Waals surface area contributed by atoms with Crippen LogP contribution in [0.3, 0.4) is 0 Å². The van der Waals surface area contributed by atoms with Crippen molar-refractivity contribution in [1.82, 2.24) is 9.97 Å². The molecule has 6 heteroatoms. The van der Waals surface area contributed by atoms with E-state index in [0.717, 1.165) is 18.8 Å². The quantitative estimate of drug-likeness (QED) is 0.870. The Hall–Kier alpha value is -1.14. The minimum Gasteiger partial charge on any atom is -0.412 e. The van der Waals surface area contributed by atoms with Gasteiger partial charge in [-0.05, 0) is 31.5 Å². The molecule has 2 atom stereocenters. The molecule has 1 fully saturated rings. The number of hydrogen-bond acceptors (Lipinski definition) is 5. The maximum Gasteiger partial charge on any atom is 0.192 e. The molecule has 0 saturated carbocycles. The summed E-state index contributed by atoms with van der Waals surface area (Å²) in [5.74, 6) is 1.41. The van der Waals surface area contributed by atoms with E-state index in [1.165, 1.54) is 6.33 Å². The second kappa shape index (κ2) is 5.57. The molecule has 2 N–H and O–H groups in total. The predicted octanol–water partition coefficient (Wildman–Crippen LogP) is 3.05. The molecule has 2 rings (SSSR count). The first-order valence-electron chi connectivity index (χ1n) is 7.62. The Bertz CT molecular complexity index is 501. The fourth-order valence-electron chi connectivity index (χ4n) is 2.50. The van der Waals surface area contributed by atoms with Crippen molar-refractivity contribution in [3.8, 4) is 0 Å². The summed E-state index contributed by atoms with van der Waals surface area (Å²) in [4.78, 5) is 10.6. The first kappa shape index (κ1) is 16.2. The number of nitrogen functional groups attached to an aromatic ring is 1. The maximum atomic E-state index is 6.54. The lowest BCUT2D eigenvalue weighted by atomic mass is 10.2. The predicted molar refractivity (Wildman–Crippen MR) is 89.9 cm³/mol. The van der Waals surface area contributed by atoms with E-state index in [-0.39, 0.29) is 11.1 Å². The van der Waals surface area contributed by atoms with Gasteiger partial charge in [0.2, 0.25) is 0 Å². The zero-order valence-corrected chi connectivity index (χ0v) is 15.1. The van der Waals surface area contributed by atoms with E-state index in [0.29, 0.717) is 11.9 Å². The van der Waals surface area contributed by atoms with Gasteiger partial charge in [0, 0.05) is 18.7 Å². The van der Waals surface area contributed by atoms with Gasteiger partial charge in [0.1, 0.15) is 18.0 Å². The van der Waals surface area contributed by atoms with Crippen molar-refractivity contribution in [1.29, 1.82) is 0 Å².